The number of carbonyl (C=O) groups excluding carboxylic acids is 7. The number of hydrogen-bond donors (Lipinski definition) is 12. The zero-order valence-corrected chi connectivity index (χ0v) is 36.2. The van der Waals surface area contributed by atoms with Crippen molar-refractivity contribution in [2.24, 2.45) is 27.9 Å². The molecule has 3 heterocycles. The van der Waals surface area contributed by atoms with Gasteiger partial charge in [-0.1, -0.05) is 0 Å². The third-order valence-corrected chi connectivity index (χ3v) is 11.8. The Balaban J connectivity index is 1.82. The van der Waals surface area contributed by atoms with Gasteiger partial charge in [0.1, 0.15) is 54.0 Å². The van der Waals surface area contributed by atoms with Crippen LogP contribution in [0.2, 0.25) is 0 Å². The molecule has 0 aliphatic carbocycles. The first-order valence-corrected chi connectivity index (χ1v) is 21.7. The number of nitrogens with zero attached hydrogens (tertiary/aromatic N) is 3. The Morgan fingerprint density at radius 3 is 2.08 bits per heavy atom. The minimum atomic E-state index is -1.74. The average molecular weight is 918 g/mol. The molecule has 0 saturated carbocycles. The van der Waals surface area contributed by atoms with E-state index in [2.05, 4.69) is 26.3 Å². The SMILES string of the molecule is CC(=O)N[C@@H]1[C@@H](O)[C@@H](O)[C@@H](CO)O[C@@H]1SCCCOC[C@H](NC(=O)[C@H](CC(=O)O)NC(=O)[C@@H]1CCCN1C(=O)[C@H](C)N)C(=O)N[C@@H](CCCN=C(N)N)C(=O)N1CCC[C@H]1C(N)=O. The summed E-state index contributed by atoms with van der Waals surface area (Å²) in [6.07, 6.45) is -3.09. The number of nitrogens with one attached hydrogen (secondary N) is 4. The van der Waals surface area contributed by atoms with Crippen molar-refractivity contribution in [1.82, 2.24) is 31.1 Å². The largest absolute Gasteiger partial charge is 0.481 e. The Morgan fingerprint density at radius 1 is 0.873 bits per heavy atom. The third kappa shape index (κ3) is 15.7. The number of rotatable bonds is 24. The summed E-state index contributed by atoms with van der Waals surface area (Å²) in [7, 11) is 0. The summed E-state index contributed by atoms with van der Waals surface area (Å²) in [6.45, 7) is 1.94. The van der Waals surface area contributed by atoms with Crippen molar-refractivity contribution in [2.45, 2.75) is 131 Å². The van der Waals surface area contributed by atoms with Gasteiger partial charge in [0.05, 0.1) is 31.7 Å². The lowest BCUT2D eigenvalue weighted by atomic mass is 9.98. The Hall–Kier alpha value is -4.86. The lowest BCUT2D eigenvalue weighted by Crippen LogP contribution is -2.63. The van der Waals surface area contributed by atoms with Crippen LogP contribution in [0, 0.1) is 0 Å². The van der Waals surface area contributed by atoms with E-state index in [0.29, 0.717) is 19.3 Å². The quantitative estimate of drug-likeness (QED) is 0.0243. The molecule has 7 amide bonds. The minimum absolute atomic E-state index is 0.0244. The summed E-state index contributed by atoms with van der Waals surface area (Å²) in [5.41, 5.74) is 21.3. The molecule has 25 nitrogen and oxygen atoms in total. The van der Waals surface area contributed by atoms with E-state index in [1.54, 1.807) is 0 Å². The van der Waals surface area contributed by atoms with Crippen LogP contribution in [0.5, 0.6) is 0 Å². The molecule has 0 aromatic heterocycles. The number of carboxylic acid groups (broad SMARTS) is 1. The first-order valence-electron chi connectivity index (χ1n) is 20.7. The molecule has 26 heteroatoms. The molecule has 3 aliphatic heterocycles. The maximum absolute atomic E-state index is 14.1. The number of guanidine groups is 1. The number of hydrogen-bond acceptors (Lipinski definition) is 16. The second-order valence-electron chi connectivity index (χ2n) is 15.5. The van der Waals surface area contributed by atoms with Crippen molar-refractivity contribution in [3.63, 3.8) is 0 Å². The predicted octanol–water partition coefficient (Wildman–Crippen LogP) is -6.13. The highest BCUT2D eigenvalue weighted by Crippen LogP contribution is 2.29. The number of carbonyl (C=O) groups is 8. The number of nitrogens with two attached hydrogens (primary N) is 4. The van der Waals surface area contributed by atoms with Gasteiger partial charge in [0, 0.05) is 33.2 Å². The number of primary amides is 1. The molecule has 0 spiro atoms. The molecule has 3 saturated heterocycles. The molecule has 3 fully saturated rings. The van der Waals surface area contributed by atoms with Crippen molar-refractivity contribution in [1.29, 1.82) is 0 Å². The van der Waals surface area contributed by atoms with Crippen LogP contribution in [-0.2, 0) is 47.8 Å². The van der Waals surface area contributed by atoms with Crippen molar-refractivity contribution >= 4 is 65.0 Å². The molecule has 0 aromatic carbocycles. The minimum Gasteiger partial charge on any atom is -0.481 e. The van der Waals surface area contributed by atoms with Crippen LogP contribution in [-0.4, -0.2) is 195 Å². The van der Waals surface area contributed by atoms with Gasteiger partial charge < -0.3 is 83.9 Å². The predicted molar refractivity (Wildman–Crippen MR) is 224 cm³/mol. The van der Waals surface area contributed by atoms with E-state index in [4.69, 9.17) is 32.4 Å². The summed E-state index contributed by atoms with van der Waals surface area (Å²) >= 11 is 1.14. The van der Waals surface area contributed by atoms with Gasteiger partial charge in [-0.15, -0.1) is 11.8 Å². The summed E-state index contributed by atoms with van der Waals surface area (Å²) < 4.78 is 11.5. The zero-order chi connectivity index (χ0) is 47.0. The highest BCUT2D eigenvalue weighted by atomic mass is 32.2. The molecule has 356 valence electrons. The molecule has 0 bridgehead atoms. The fraction of sp³-hybridized carbons (Fsp3) is 0.757. The van der Waals surface area contributed by atoms with Crippen LogP contribution in [0.4, 0.5) is 0 Å². The molecule has 3 rings (SSSR count). The molecule has 0 aromatic rings. The van der Waals surface area contributed by atoms with Gasteiger partial charge in [-0.25, -0.2) is 0 Å². The van der Waals surface area contributed by atoms with Crippen LogP contribution >= 0.6 is 11.8 Å². The second kappa shape index (κ2) is 25.4. The fourth-order valence-electron chi connectivity index (χ4n) is 7.41. The van der Waals surface area contributed by atoms with E-state index >= 15 is 0 Å². The highest BCUT2D eigenvalue weighted by molar-refractivity contribution is 7.99. The van der Waals surface area contributed by atoms with E-state index < -0.39 is 133 Å². The number of aliphatic imine (C=N–C) groups is 1. The topological polar surface area (TPSA) is 407 Å². The first-order chi connectivity index (χ1) is 29.8. The summed E-state index contributed by atoms with van der Waals surface area (Å²) in [6, 6.07) is -8.54. The Morgan fingerprint density at radius 2 is 1.49 bits per heavy atom. The number of aliphatic hydroxyl groups excluding tert-OH is 3. The zero-order valence-electron chi connectivity index (χ0n) is 35.4. The van der Waals surface area contributed by atoms with E-state index in [9.17, 15) is 58.8 Å². The maximum atomic E-state index is 14.1. The van der Waals surface area contributed by atoms with Crippen molar-refractivity contribution < 1.29 is 68.3 Å². The monoisotopic (exact) mass is 917 g/mol. The fourth-order valence-corrected chi connectivity index (χ4v) is 8.58. The molecule has 63 heavy (non-hydrogen) atoms. The van der Waals surface area contributed by atoms with E-state index in [0.717, 1.165) is 11.8 Å². The third-order valence-electron chi connectivity index (χ3n) is 10.5. The van der Waals surface area contributed by atoms with Gasteiger partial charge in [-0.2, -0.15) is 0 Å². The maximum Gasteiger partial charge on any atom is 0.305 e. The van der Waals surface area contributed by atoms with Crippen LogP contribution in [0.25, 0.3) is 0 Å². The molecule has 16 N–H and O–H groups in total. The first kappa shape index (κ1) is 52.5. The molecule has 0 unspecified atom stereocenters. The number of amides is 7. The van der Waals surface area contributed by atoms with Crippen LogP contribution in [0.1, 0.15) is 65.2 Å². The van der Waals surface area contributed by atoms with E-state index in [1.807, 2.05) is 0 Å². The van der Waals surface area contributed by atoms with E-state index in [1.165, 1.54) is 23.6 Å². The van der Waals surface area contributed by atoms with Gasteiger partial charge in [-0.3, -0.25) is 43.3 Å². The normalized spacial score (nSPS) is 25.2. The Labute approximate surface area is 368 Å². The van der Waals surface area contributed by atoms with Crippen LogP contribution in [0.15, 0.2) is 4.99 Å². The number of likely N-dealkylation sites (tertiary alicyclic amines) is 2. The van der Waals surface area contributed by atoms with E-state index in [-0.39, 0.29) is 63.6 Å². The second-order valence-corrected chi connectivity index (χ2v) is 16.7. The number of aliphatic carboxylic acids is 1. The van der Waals surface area contributed by atoms with Crippen LogP contribution in [0.3, 0.4) is 0 Å². The number of aliphatic hydroxyl groups is 3. The molecular weight excluding hydrogens is 855 g/mol. The van der Waals surface area contributed by atoms with Gasteiger partial charge in [0.15, 0.2) is 5.96 Å². The van der Waals surface area contributed by atoms with Gasteiger partial charge in [0.25, 0.3) is 0 Å². The molecule has 0 radical (unpaired) electrons. The Bertz CT molecular complexity index is 1660. The van der Waals surface area contributed by atoms with Crippen molar-refractivity contribution in [3.05, 3.63) is 0 Å². The average Bonchev–Trinajstić information content (AvgIpc) is 3.92. The Kier molecular flexibility index (Phi) is 21.2. The van der Waals surface area contributed by atoms with Gasteiger partial charge >= 0.3 is 5.97 Å². The number of carboxylic acids is 1. The molecule has 3 aliphatic rings. The lowest BCUT2D eigenvalue weighted by molar-refractivity contribution is -0.173. The van der Waals surface area contributed by atoms with Gasteiger partial charge in [0.2, 0.25) is 41.4 Å². The highest BCUT2D eigenvalue weighted by Gasteiger charge is 2.45. The van der Waals surface area contributed by atoms with Crippen molar-refractivity contribution in [3.8, 4) is 0 Å². The number of thioether (sulfide) groups is 1. The number of ether oxygens (including phenoxy) is 2. The summed E-state index contributed by atoms with van der Waals surface area (Å²) in [4.78, 5) is 110. The molecular formula is C37H63N11O14S. The van der Waals surface area contributed by atoms with Crippen LogP contribution < -0.4 is 44.2 Å². The lowest BCUT2D eigenvalue weighted by Gasteiger charge is -2.42. The summed E-state index contributed by atoms with van der Waals surface area (Å²) in [5, 5.41) is 50.2. The van der Waals surface area contributed by atoms with Crippen molar-refractivity contribution in [2.75, 3.05) is 45.2 Å². The molecule has 11 atom stereocenters. The standard InChI is InChI=1S/C37H63N11O14S/c1-18(38)34(59)48-12-5-9-24(48)33(58)45-21(15-26(51)52)31(56)46-22(17-61-13-6-14-63-36-27(43-19(2)50)29(54)28(53)25(16-49)62-36)32(57)44-20(7-3-10-42-37(40)41)35(60)47-11-4-8-23(47)30(39)55/h18,20-25,27-29,36,49,53-54H,3-17,38H2,1-2H3,(H2,39,55)(H,43,50)(H,44,57)(H,45,58)(H,46,56)(H,51,52)(H4,40,41,42)/t18-,20-,21-,22-,23-,24-,25+,27+,28-,29+,36+/m0/s1. The van der Waals surface area contributed by atoms with Gasteiger partial charge in [-0.05, 0) is 57.6 Å². The smallest absolute Gasteiger partial charge is 0.305 e. The summed E-state index contributed by atoms with van der Waals surface area (Å²) in [5.74, 6) is -6.66.